The van der Waals surface area contributed by atoms with Crippen LogP contribution in [0.25, 0.3) is 0 Å². The lowest BCUT2D eigenvalue weighted by Gasteiger charge is -2.21. The molecule has 1 heterocycles. The van der Waals surface area contributed by atoms with E-state index in [0.717, 1.165) is 0 Å². The summed E-state index contributed by atoms with van der Waals surface area (Å²) in [4.78, 5) is 4.91. The number of rotatable bonds is 1. The molecule has 0 aromatic carbocycles. The highest BCUT2D eigenvalue weighted by atomic mass is 79.9. The highest BCUT2D eigenvalue weighted by Crippen LogP contribution is 2.37. The summed E-state index contributed by atoms with van der Waals surface area (Å²) in [7, 11) is 0. The Morgan fingerprint density at radius 1 is 1.27 bits per heavy atom. The number of nitrogens with zero attached hydrogens (tertiary/aromatic N) is 1. The Hall–Kier alpha value is -0.370. The fourth-order valence-corrected chi connectivity index (χ4v) is 3.35. The van der Waals surface area contributed by atoms with Crippen LogP contribution in [-0.4, -0.2) is 9.81 Å². The van der Waals surface area contributed by atoms with Crippen molar-refractivity contribution in [3.8, 4) is 0 Å². The summed E-state index contributed by atoms with van der Waals surface area (Å²) in [6, 6.07) is 2.12. The summed E-state index contributed by atoms with van der Waals surface area (Å²) in [6.45, 7) is 2.20. The SMILES string of the molecule is Cc1ccncc1C1CCCCCC1Br. The molecule has 0 N–H and O–H groups in total. The van der Waals surface area contributed by atoms with Crippen molar-refractivity contribution in [1.29, 1.82) is 0 Å². The van der Waals surface area contributed by atoms with Crippen LogP contribution in [0.3, 0.4) is 0 Å². The lowest BCUT2D eigenvalue weighted by Crippen LogP contribution is -2.12. The molecule has 1 saturated carbocycles. The van der Waals surface area contributed by atoms with Crippen molar-refractivity contribution >= 4 is 15.9 Å². The van der Waals surface area contributed by atoms with Gasteiger partial charge in [-0.05, 0) is 42.9 Å². The predicted molar refractivity (Wildman–Crippen MR) is 67.5 cm³/mol. The Labute approximate surface area is 100 Å². The van der Waals surface area contributed by atoms with Crippen LogP contribution in [0.1, 0.15) is 49.1 Å². The van der Waals surface area contributed by atoms with E-state index in [1.165, 1.54) is 43.2 Å². The molecule has 1 nitrogen and oxygen atoms in total. The maximum atomic E-state index is 4.26. The van der Waals surface area contributed by atoms with Crippen LogP contribution < -0.4 is 0 Å². The van der Waals surface area contributed by atoms with Gasteiger partial charge in [-0.25, -0.2) is 0 Å². The van der Waals surface area contributed by atoms with Gasteiger partial charge in [-0.15, -0.1) is 0 Å². The van der Waals surface area contributed by atoms with Crippen LogP contribution in [0.15, 0.2) is 18.5 Å². The van der Waals surface area contributed by atoms with Crippen LogP contribution in [0.5, 0.6) is 0 Å². The molecule has 0 spiro atoms. The van der Waals surface area contributed by atoms with E-state index in [2.05, 4.69) is 40.1 Å². The van der Waals surface area contributed by atoms with Crippen molar-refractivity contribution in [3.63, 3.8) is 0 Å². The average molecular weight is 268 g/mol. The van der Waals surface area contributed by atoms with Crippen molar-refractivity contribution < 1.29 is 0 Å². The van der Waals surface area contributed by atoms with E-state index in [0.29, 0.717) is 10.7 Å². The normalized spacial score (nSPS) is 27.3. The summed E-state index contributed by atoms with van der Waals surface area (Å²) >= 11 is 3.85. The van der Waals surface area contributed by atoms with Gasteiger partial charge in [-0.3, -0.25) is 4.98 Å². The maximum absolute atomic E-state index is 4.26. The highest BCUT2D eigenvalue weighted by molar-refractivity contribution is 9.09. The molecule has 0 saturated heterocycles. The second-order valence-corrected chi connectivity index (χ2v) is 5.67. The van der Waals surface area contributed by atoms with Gasteiger partial charge in [0.15, 0.2) is 0 Å². The Morgan fingerprint density at radius 2 is 2.07 bits per heavy atom. The molecule has 1 aromatic heterocycles. The molecule has 0 amide bonds. The third-order valence-electron chi connectivity index (χ3n) is 3.41. The van der Waals surface area contributed by atoms with E-state index in [4.69, 9.17) is 0 Å². The Bertz CT molecular complexity index is 324. The van der Waals surface area contributed by atoms with Gasteiger partial charge in [-0.2, -0.15) is 0 Å². The first-order chi connectivity index (χ1) is 7.29. The van der Waals surface area contributed by atoms with Gasteiger partial charge in [0.1, 0.15) is 0 Å². The topological polar surface area (TPSA) is 12.9 Å². The Morgan fingerprint density at radius 3 is 2.87 bits per heavy atom. The number of aromatic nitrogens is 1. The van der Waals surface area contributed by atoms with E-state index in [9.17, 15) is 0 Å². The second kappa shape index (κ2) is 5.11. The largest absolute Gasteiger partial charge is 0.264 e. The van der Waals surface area contributed by atoms with E-state index in [1.54, 1.807) is 0 Å². The number of hydrogen-bond acceptors (Lipinski definition) is 1. The molecule has 2 atom stereocenters. The van der Waals surface area contributed by atoms with Crippen LogP contribution in [-0.2, 0) is 0 Å². The quantitative estimate of drug-likeness (QED) is 0.549. The fraction of sp³-hybridized carbons (Fsp3) is 0.615. The van der Waals surface area contributed by atoms with Crippen molar-refractivity contribution in [2.75, 3.05) is 0 Å². The smallest absolute Gasteiger partial charge is 0.0305 e. The lowest BCUT2D eigenvalue weighted by molar-refractivity contribution is 0.607. The molecule has 82 valence electrons. The van der Waals surface area contributed by atoms with Crippen molar-refractivity contribution in [2.24, 2.45) is 0 Å². The molecular weight excluding hydrogens is 250 g/mol. The van der Waals surface area contributed by atoms with Gasteiger partial charge in [0.05, 0.1) is 0 Å². The number of aryl methyl sites for hydroxylation is 1. The molecule has 2 unspecified atom stereocenters. The number of halogens is 1. The molecule has 0 bridgehead atoms. The van der Waals surface area contributed by atoms with Crippen molar-refractivity contribution in [3.05, 3.63) is 29.6 Å². The van der Waals surface area contributed by atoms with Gasteiger partial charge in [0.25, 0.3) is 0 Å². The third-order valence-corrected chi connectivity index (χ3v) is 4.51. The van der Waals surface area contributed by atoms with Gasteiger partial charge >= 0.3 is 0 Å². The zero-order valence-corrected chi connectivity index (χ0v) is 10.8. The first kappa shape index (κ1) is 11.1. The minimum Gasteiger partial charge on any atom is -0.264 e. The molecule has 2 rings (SSSR count). The van der Waals surface area contributed by atoms with Crippen LogP contribution in [0.4, 0.5) is 0 Å². The highest BCUT2D eigenvalue weighted by Gasteiger charge is 2.23. The average Bonchev–Trinajstić information content (AvgIpc) is 2.44. The Balaban J connectivity index is 2.24. The molecule has 0 radical (unpaired) electrons. The number of hydrogen-bond donors (Lipinski definition) is 0. The zero-order chi connectivity index (χ0) is 10.7. The number of alkyl halides is 1. The summed E-state index contributed by atoms with van der Waals surface area (Å²) in [5, 5.41) is 0. The summed E-state index contributed by atoms with van der Waals surface area (Å²) in [5.41, 5.74) is 2.84. The molecule has 1 aromatic rings. The molecular formula is C13H18BrN. The van der Waals surface area contributed by atoms with Crippen LogP contribution in [0, 0.1) is 6.92 Å². The minimum absolute atomic E-state index is 0.642. The van der Waals surface area contributed by atoms with E-state index in [1.807, 2.05) is 6.20 Å². The standard InChI is InChI=1S/C13H18BrN/c1-10-7-8-15-9-12(10)11-5-3-2-4-6-13(11)14/h7-9,11,13H,2-6H2,1H3. The van der Waals surface area contributed by atoms with E-state index < -0.39 is 0 Å². The Kier molecular flexibility index (Phi) is 3.79. The monoisotopic (exact) mass is 267 g/mol. The number of pyridine rings is 1. The van der Waals surface area contributed by atoms with Gasteiger partial charge < -0.3 is 0 Å². The van der Waals surface area contributed by atoms with Crippen LogP contribution in [0.2, 0.25) is 0 Å². The fourth-order valence-electron chi connectivity index (χ4n) is 2.48. The summed E-state index contributed by atoms with van der Waals surface area (Å²) < 4.78 is 0. The molecule has 15 heavy (non-hydrogen) atoms. The third kappa shape index (κ3) is 2.60. The van der Waals surface area contributed by atoms with Crippen molar-refractivity contribution in [2.45, 2.75) is 49.8 Å². The second-order valence-electron chi connectivity index (χ2n) is 4.49. The van der Waals surface area contributed by atoms with Crippen LogP contribution >= 0.6 is 15.9 Å². The van der Waals surface area contributed by atoms with Crippen molar-refractivity contribution in [1.82, 2.24) is 4.98 Å². The maximum Gasteiger partial charge on any atom is 0.0305 e. The van der Waals surface area contributed by atoms with E-state index >= 15 is 0 Å². The molecule has 2 heteroatoms. The first-order valence-electron chi connectivity index (χ1n) is 5.83. The van der Waals surface area contributed by atoms with Gasteiger partial charge in [-0.1, -0.05) is 35.2 Å². The molecule has 1 aliphatic rings. The lowest BCUT2D eigenvalue weighted by atomic mass is 9.90. The van der Waals surface area contributed by atoms with Gasteiger partial charge in [0, 0.05) is 17.2 Å². The van der Waals surface area contributed by atoms with E-state index in [-0.39, 0.29) is 0 Å². The molecule has 1 fully saturated rings. The minimum atomic E-state index is 0.642. The summed E-state index contributed by atoms with van der Waals surface area (Å²) in [5.74, 6) is 0.668. The van der Waals surface area contributed by atoms with Gasteiger partial charge in [0.2, 0.25) is 0 Å². The summed E-state index contributed by atoms with van der Waals surface area (Å²) in [6.07, 6.45) is 10.7. The first-order valence-corrected chi connectivity index (χ1v) is 6.75. The predicted octanol–water partition coefficient (Wildman–Crippen LogP) is 4.20. The zero-order valence-electron chi connectivity index (χ0n) is 9.25. The molecule has 0 aliphatic heterocycles. The molecule has 1 aliphatic carbocycles.